The Morgan fingerprint density at radius 3 is 1.28 bits per heavy atom. The molecular weight excluding hydrogens is 755 g/mol. The summed E-state index contributed by atoms with van der Waals surface area (Å²) in [6, 6.07) is -0.630. The van der Waals surface area contributed by atoms with Crippen LogP contribution in [0.25, 0.3) is 0 Å². The summed E-state index contributed by atoms with van der Waals surface area (Å²) in [5.74, 6) is -0.0800. The summed E-state index contributed by atoms with van der Waals surface area (Å²) < 4.78 is 5.47. The number of aliphatic hydroxyl groups is 2. The van der Waals surface area contributed by atoms with Crippen molar-refractivity contribution in [2.45, 2.75) is 289 Å². The summed E-state index contributed by atoms with van der Waals surface area (Å²) in [5, 5.41) is 22.9. The maximum atomic E-state index is 12.4. The van der Waals surface area contributed by atoms with Crippen molar-refractivity contribution in [2.75, 3.05) is 13.2 Å². The first-order valence-electron chi connectivity index (χ1n) is 26.8. The Balaban J connectivity index is 3.42. The molecule has 0 rings (SSSR count). The molecule has 0 aliphatic heterocycles. The maximum Gasteiger partial charge on any atom is 0.305 e. The first-order valence-corrected chi connectivity index (χ1v) is 26.8. The molecule has 0 heterocycles. The van der Waals surface area contributed by atoms with E-state index in [9.17, 15) is 19.8 Å². The minimum Gasteiger partial charge on any atom is -0.466 e. The molecule has 3 N–H and O–H groups in total. The highest BCUT2D eigenvalue weighted by Crippen LogP contribution is 2.16. The lowest BCUT2D eigenvalue weighted by molar-refractivity contribution is -0.143. The predicted octanol–water partition coefficient (Wildman–Crippen LogP) is 16.1. The molecule has 0 radical (unpaired) electrons. The van der Waals surface area contributed by atoms with Gasteiger partial charge in [0.2, 0.25) is 5.91 Å². The van der Waals surface area contributed by atoms with Gasteiger partial charge < -0.3 is 20.3 Å². The van der Waals surface area contributed by atoms with Crippen LogP contribution in [-0.4, -0.2) is 47.4 Å². The smallest absolute Gasteiger partial charge is 0.305 e. The average molecular weight is 858 g/mol. The van der Waals surface area contributed by atoms with Crippen molar-refractivity contribution in [3.05, 3.63) is 36.5 Å². The molecule has 0 aliphatic carbocycles. The normalized spacial score (nSPS) is 12.9. The Bertz CT molecular complexity index is 993. The van der Waals surface area contributed by atoms with Gasteiger partial charge >= 0.3 is 5.97 Å². The van der Waals surface area contributed by atoms with E-state index in [0.29, 0.717) is 19.4 Å². The Morgan fingerprint density at radius 2 is 0.820 bits per heavy atom. The molecule has 1 amide bonds. The largest absolute Gasteiger partial charge is 0.466 e. The van der Waals surface area contributed by atoms with Gasteiger partial charge in [-0.05, 0) is 64.2 Å². The number of amides is 1. The van der Waals surface area contributed by atoms with E-state index in [2.05, 4.69) is 43.5 Å². The Hall–Kier alpha value is -1.92. The highest BCUT2D eigenvalue weighted by Gasteiger charge is 2.18. The molecule has 0 aliphatic rings. The number of carbonyl (C=O) groups excluding carboxylic acids is 2. The molecule has 0 aromatic rings. The summed E-state index contributed by atoms with van der Waals surface area (Å²) in [7, 11) is 0. The van der Waals surface area contributed by atoms with Crippen LogP contribution in [-0.2, 0) is 14.3 Å². The third kappa shape index (κ3) is 47.4. The van der Waals surface area contributed by atoms with Crippen molar-refractivity contribution in [3.8, 4) is 0 Å². The van der Waals surface area contributed by atoms with Gasteiger partial charge in [-0.25, -0.2) is 0 Å². The van der Waals surface area contributed by atoms with E-state index in [4.69, 9.17) is 4.74 Å². The molecule has 0 aromatic carbocycles. The van der Waals surface area contributed by atoms with Gasteiger partial charge in [-0.2, -0.15) is 0 Å². The maximum absolute atomic E-state index is 12.4. The zero-order valence-electron chi connectivity index (χ0n) is 40.6. The van der Waals surface area contributed by atoms with Crippen LogP contribution >= 0.6 is 0 Å². The second-order valence-corrected chi connectivity index (χ2v) is 18.2. The number of allylic oxidation sites excluding steroid dienone is 5. The molecule has 6 nitrogen and oxygen atoms in total. The van der Waals surface area contributed by atoms with Crippen molar-refractivity contribution in [2.24, 2.45) is 0 Å². The van der Waals surface area contributed by atoms with E-state index in [0.717, 1.165) is 51.4 Å². The third-order valence-electron chi connectivity index (χ3n) is 12.2. The molecule has 0 spiro atoms. The van der Waals surface area contributed by atoms with Crippen LogP contribution in [0.1, 0.15) is 277 Å². The zero-order chi connectivity index (χ0) is 44.4. The SMILES string of the molecule is CCCCC/C=C\C/C=C\CCCCCCCCCC(=O)OCCCCCCCCCCCCCCCCCCCC(=O)NC(CO)C(O)/C=C/CCCCCCCCCC. The molecule has 6 heteroatoms. The number of hydrogen-bond acceptors (Lipinski definition) is 5. The molecule has 0 saturated carbocycles. The van der Waals surface area contributed by atoms with Crippen molar-refractivity contribution in [1.82, 2.24) is 5.32 Å². The lowest BCUT2D eigenvalue weighted by Gasteiger charge is -2.20. The van der Waals surface area contributed by atoms with Gasteiger partial charge in [0.15, 0.2) is 0 Å². The summed E-state index contributed by atoms with van der Waals surface area (Å²) in [4.78, 5) is 24.4. The Labute approximate surface area is 379 Å². The third-order valence-corrected chi connectivity index (χ3v) is 12.2. The summed E-state index contributed by atoms with van der Waals surface area (Å²) in [6.07, 6.45) is 61.5. The Kier molecular flexibility index (Phi) is 49.1. The lowest BCUT2D eigenvalue weighted by Crippen LogP contribution is -2.45. The van der Waals surface area contributed by atoms with Crippen LogP contribution in [0.15, 0.2) is 36.5 Å². The quantitative estimate of drug-likeness (QED) is 0.0322. The molecule has 0 fully saturated rings. The molecule has 61 heavy (non-hydrogen) atoms. The molecule has 0 aromatic heterocycles. The standard InChI is InChI=1S/C55H103NO5/c1-3-5-7-9-11-13-15-16-17-19-23-26-29-33-37-41-45-49-55(60)61-50-46-42-38-34-30-27-24-21-18-20-22-25-28-32-36-40-44-48-54(59)56-52(51-57)53(58)47-43-39-35-31-14-12-10-8-6-4-2/h11,13,16-17,43,47,52-53,57-58H,3-10,12,14-15,18-42,44-46,48-51H2,1-2H3,(H,56,59)/b13-11-,17-16-,47-43+. The van der Waals surface area contributed by atoms with Crippen LogP contribution in [0.3, 0.4) is 0 Å². The van der Waals surface area contributed by atoms with Crippen LogP contribution in [0.5, 0.6) is 0 Å². The number of nitrogens with one attached hydrogen (secondary N) is 1. The predicted molar refractivity (Wildman–Crippen MR) is 264 cm³/mol. The summed E-state index contributed by atoms with van der Waals surface area (Å²) in [6.45, 7) is 4.84. The Morgan fingerprint density at radius 1 is 0.459 bits per heavy atom. The molecular formula is C55H103NO5. The minimum atomic E-state index is -0.846. The van der Waals surface area contributed by atoms with Gasteiger partial charge in [0.25, 0.3) is 0 Å². The molecule has 2 unspecified atom stereocenters. The van der Waals surface area contributed by atoms with E-state index in [-0.39, 0.29) is 18.5 Å². The topological polar surface area (TPSA) is 95.9 Å². The highest BCUT2D eigenvalue weighted by molar-refractivity contribution is 5.76. The van der Waals surface area contributed by atoms with Crippen molar-refractivity contribution in [1.29, 1.82) is 0 Å². The number of esters is 1. The van der Waals surface area contributed by atoms with Gasteiger partial charge in [0, 0.05) is 12.8 Å². The second-order valence-electron chi connectivity index (χ2n) is 18.2. The summed E-state index contributed by atoms with van der Waals surface area (Å²) >= 11 is 0. The monoisotopic (exact) mass is 858 g/mol. The number of aliphatic hydroxyl groups excluding tert-OH is 2. The van der Waals surface area contributed by atoms with Crippen LogP contribution in [0, 0.1) is 0 Å². The molecule has 358 valence electrons. The van der Waals surface area contributed by atoms with E-state index in [1.165, 1.54) is 199 Å². The number of hydrogen-bond donors (Lipinski definition) is 3. The fourth-order valence-corrected chi connectivity index (χ4v) is 8.02. The molecule has 0 bridgehead atoms. The number of carbonyl (C=O) groups is 2. The minimum absolute atomic E-state index is 0.00399. The molecule has 0 saturated heterocycles. The number of rotatable bonds is 49. The number of ether oxygens (including phenoxy) is 1. The van der Waals surface area contributed by atoms with Crippen molar-refractivity contribution < 1.29 is 24.5 Å². The van der Waals surface area contributed by atoms with Crippen molar-refractivity contribution in [3.63, 3.8) is 0 Å². The summed E-state index contributed by atoms with van der Waals surface area (Å²) in [5.41, 5.74) is 0. The van der Waals surface area contributed by atoms with E-state index < -0.39 is 12.1 Å². The average Bonchev–Trinajstić information content (AvgIpc) is 3.26. The van der Waals surface area contributed by atoms with Crippen molar-refractivity contribution >= 4 is 11.9 Å². The van der Waals surface area contributed by atoms with E-state index in [1.807, 2.05) is 6.08 Å². The van der Waals surface area contributed by atoms with Gasteiger partial charge in [-0.15, -0.1) is 0 Å². The fourth-order valence-electron chi connectivity index (χ4n) is 8.02. The van der Waals surface area contributed by atoms with E-state index in [1.54, 1.807) is 6.08 Å². The van der Waals surface area contributed by atoms with Crippen LogP contribution in [0.4, 0.5) is 0 Å². The first kappa shape index (κ1) is 59.1. The fraction of sp³-hybridized carbons (Fsp3) is 0.855. The zero-order valence-corrected chi connectivity index (χ0v) is 40.6. The first-order chi connectivity index (χ1) is 30.0. The number of unbranched alkanes of at least 4 members (excludes halogenated alkanes) is 34. The lowest BCUT2D eigenvalue weighted by atomic mass is 10.0. The highest BCUT2D eigenvalue weighted by atomic mass is 16.5. The van der Waals surface area contributed by atoms with Gasteiger partial charge in [0.1, 0.15) is 0 Å². The molecule has 2 atom stereocenters. The van der Waals surface area contributed by atoms with Gasteiger partial charge in [-0.1, -0.05) is 237 Å². The second kappa shape index (κ2) is 50.7. The van der Waals surface area contributed by atoms with Gasteiger partial charge in [0.05, 0.1) is 25.4 Å². The van der Waals surface area contributed by atoms with E-state index >= 15 is 0 Å². The van der Waals surface area contributed by atoms with Gasteiger partial charge in [-0.3, -0.25) is 9.59 Å². The van der Waals surface area contributed by atoms with Crippen LogP contribution in [0.2, 0.25) is 0 Å². The van der Waals surface area contributed by atoms with Crippen LogP contribution < -0.4 is 5.32 Å².